The van der Waals surface area contributed by atoms with Crippen LogP contribution in [0.5, 0.6) is 0 Å². The van der Waals surface area contributed by atoms with E-state index in [2.05, 4.69) is 0 Å². The van der Waals surface area contributed by atoms with Gasteiger partial charge in [0.25, 0.3) is 5.92 Å². The van der Waals surface area contributed by atoms with Crippen LogP contribution in [0.4, 0.5) is 13.6 Å². The van der Waals surface area contributed by atoms with Gasteiger partial charge in [-0.1, -0.05) is 0 Å². The van der Waals surface area contributed by atoms with Crippen LogP contribution < -0.4 is 0 Å². The molecule has 116 valence electrons. The van der Waals surface area contributed by atoms with Crippen LogP contribution in [0.3, 0.4) is 0 Å². The molecule has 1 unspecified atom stereocenters. The van der Waals surface area contributed by atoms with Crippen LogP contribution in [0.15, 0.2) is 0 Å². The molecule has 1 aliphatic rings. The van der Waals surface area contributed by atoms with Crippen molar-refractivity contribution < 1.29 is 28.2 Å². The standard InChI is InChI=1S/C13H21F2NO4/c1-11(2,3)20-10(19)16-7-12(4,9(17)18)5-6-13(14,15)8-16/h5-8H2,1-4H3,(H,17,18). The fourth-order valence-corrected chi connectivity index (χ4v) is 2.00. The molecule has 1 atom stereocenters. The van der Waals surface area contributed by atoms with Gasteiger partial charge < -0.3 is 14.7 Å². The number of carbonyl (C=O) groups excluding carboxylic acids is 1. The lowest BCUT2D eigenvalue weighted by atomic mass is 9.85. The number of carboxylic acids is 1. The van der Waals surface area contributed by atoms with Gasteiger partial charge in [-0.25, -0.2) is 13.6 Å². The van der Waals surface area contributed by atoms with E-state index in [-0.39, 0.29) is 13.0 Å². The van der Waals surface area contributed by atoms with Crippen LogP contribution in [-0.4, -0.2) is 46.7 Å². The highest BCUT2D eigenvalue weighted by molar-refractivity contribution is 5.76. The van der Waals surface area contributed by atoms with Gasteiger partial charge in [0.1, 0.15) is 5.60 Å². The summed E-state index contributed by atoms with van der Waals surface area (Å²) in [7, 11) is 0. The van der Waals surface area contributed by atoms with Crippen molar-refractivity contribution in [3.8, 4) is 0 Å². The highest BCUT2D eigenvalue weighted by Gasteiger charge is 2.47. The number of nitrogens with zero attached hydrogens (tertiary/aromatic N) is 1. The zero-order valence-electron chi connectivity index (χ0n) is 12.2. The summed E-state index contributed by atoms with van der Waals surface area (Å²) in [5.74, 6) is -4.30. The number of aliphatic carboxylic acids is 1. The molecule has 0 aliphatic carbocycles. The van der Waals surface area contributed by atoms with Gasteiger partial charge in [0.2, 0.25) is 0 Å². The van der Waals surface area contributed by atoms with Gasteiger partial charge in [-0.15, -0.1) is 0 Å². The topological polar surface area (TPSA) is 66.8 Å². The summed E-state index contributed by atoms with van der Waals surface area (Å²) >= 11 is 0. The summed E-state index contributed by atoms with van der Waals surface area (Å²) in [6.45, 7) is 5.14. The van der Waals surface area contributed by atoms with E-state index in [0.29, 0.717) is 0 Å². The van der Waals surface area contributed by atoms with E-state index in [0.717, 1.165) is 4.90 Å². The number of hydrogen-bond donors (Lipinski definition) is 1. The molecule has 0 aromatic rings. The molecule has 7 heteroatoms. The Morgan fingerprint density at radius 2 is 1.75 bits per heavy atom. The molecule has 0 bridgehead atoms. The molecule has 1 heterocycles. The van der Waals surface area contributed by atoms with Crippen LogP contribution >= 0.6 is 0 Å². The average molecular weight is 293 g/mol. The molecule has 1 amide bonds. The number of ether oxygens (including phenoxy) is 1. The van der Waals surface area contributed by atoms with Crippen LogP contribution in [0.1, 0.15) is 40.5 Å². The number of carboxylic acid groups (broad SMARTS) is 1. The van der Waals surface area contributed by atoms with Gasteiger partial charge in [0.15, 0.2) is 0 Å². The van der Waals surface area contributed by atoms with Crippen molar-refractivity contribution in [2.75, 3.05) is 13.1 Å². The molecule has 0 aromatic heterocycles. The minimum Gasteiger partial charge on any atom is -0.481 e. The average Bonchev–Trinajstić information content (AvgIpc) is 2.34. The second-order valence-corrected chi connectivity index (χ2v) is 6.56. The highest BCUT2D eigenvalue weighted by Crippen LogP contribution is 2.36. The summed E-state index contributed by atoms with van der Waals surface area (Å²) in [5.41, 5.74) is -2.21. The third-order valence-electron chi connectivity index (χ3n) is 3.17. The van der Waals surface area contributed by atoms with Gasteiger partial charge >= 0.3 is 12.1 Å². The zero-order valence-corrected chi connectivity index (χ0v) is 12.2. The number of amides is 1. The number of rotatable bonds is 1. The Kier molecular flexibility index (Phi) is 4.31. The third-order valence-corrected chi connectivity index (χ3v) is 3.17. The predicted molar refractivity (Wildman–Crippen MR) is 67.7 cm³/mol. The molecule has 0 radical (unpaired) electrons. The van der Waals surface area contributed by atoms with Gasteiger partial charge in [-0.05, 0) is 34.1 Å². The lowest BCUT2D eigenvalue weighted by Crippen LogP contribution is -2.46. The van der Waals surface area contributed by atoms with Crippen LogP contribution in [0, 0.1) is 5.41 Å². The second kappa shape index (κ2) is 5.18. The Morgan fingerprint density at radius 1 is 1.20 bits per heavy atom. The number of alkyl halides is 2. The predicted octanol–water partition coefficient (Wildman–Crippen LogP) is 2.74. The Hall–Kier alpha value is -1.40. The maximum absolute atomic E-state index is 13.7. The molecule has 1 rings (SSSR count). The SMILES string of the molecule is CC(C)(C)OC(=O)N1CC(F)(F)CCC(C)(C(=O)O)C1. The maximum atomic E-state index is 13.7. The molecule has 1 N–H and O–H groups in total. The van der Waals surface area contributed by atoms with E-state index in [4.69, 9.17) is 4.74 Å². The van der Waals surface area contributed by atoms with Crippen molar-refractivity contribution in [3.63, 3.8) is 0 Å². The van der Waals surface area contributed by atoms with E-state index in [1.54, 1.807) is 20.8 Å². The summed E-state index contributed by atoms with van der Waals surface area (Å²) in [5, 5.41) is 9.20. The molecule has 0 spiro atoms. The number of halogens is 2. The van der Waals surface area contributed by atoms with Crippen LogP contribution in [0.2, 0.25) is 0 Å². The minimum absolute atomic E-state index is 0.186. The quantitative estimate of drug-likeness (QED) is 0.807. The fourth-order valence-electron chi connectivity index (χ4n) is 2.00. The third kappa shape index (κ3) is 4.31. The van der Waals surface area contributed by atoms with Crippen molar-refractivity contribution in [3.05, 3.63) is 0 Å². The first kappa shape index (κ1) is 16.7. The zero-order chi connectivity index (χ0) is 15.8. The molecule has 0 aromatic carbocycles. The Labute approximate surface area is 116 Å². The van der Waals surface area contributed by atoms with Crippen molar-refractivity contribution >= 4 is 12.1 Å². The van der Waals surface area contributed by atoms with Crippen molar-refractivity contribution in [2.24, 2.45) is 5.41 Å². The van der Waals surface area contributed by atoms with E-state index in [1.807, 2.05) is 0 Å². The Balaban J connectivity index is 2.97. The molecule has 1 fully saturated rings. The van der Waals surface area contributed by atoms with Gasteiger partial charge in [0, 0.05) is 13.0 Å². The lowest BCUT2D eigenvalue weighted by molar-refractivity contribution is -0.149. The Morgan fingerprint density at radius 3 is 2.20 bits per heavy atom. The highest BCUT2D eigenvalue weighted by atomic mass is 19.3. The van der Waals surface area contributed by atoms with Crippen LogP contribution in [0.25, 0.3) is 0 Å². The van der Waals surface area contributed by atoms with Crippen molar-refractivity contribution in [2.45, 2.75) is 52.1 Å². The smallest absolute Gasteiger partial charge is 0.410 e. The molecule has 1 saturated heterocycles. The first-order valence-electron chi connectivity index (χ1n) is 6.44. The summed E-state index contributed by atoms with van der Waals surface area (Å²) in [4.78, 5) is 24.0. The van der Waals surface area contributed by atoms with Crippen LogP contribution in [-0.2, 0) is 9.53 Å². The molecule has 0 saturated carbocycles. The van der Waals surface area contributed by atoms with E-state index in [9.17, 15) is 23.5 Å². The molecule has 5 nitrogen and oxygen atoms in total. The van der Waals surface area contributed by atoms with E-state index < -0.39 is 42.0 Å². The van der Waals surface area contributed by atoms with Gasteiger partial charge in [-0.2, -0.15) is 0 Å². The monoisotopic (exact) mass is 293 g/mol. The van der Waals surface area contributed by atoms with Gasteiger partial charge in [0.05, 0.1) is 12.0 Å². The first-order valence-corrected chi connectivity index (χ1v) is 6.44. The molecule has 20 heavy (non-hydrogen) atoms. The maximum Gasteiger partial charge on any atom is 0.410 e. The van der Waals surface area contributed by atoms with E-state index in [1.165, 1.54) is 6.92 Å². The van der Waals surface area contributed by atoms with Gasteiger partial charge in [-0.3, -0.25) is 4.79 Å². The normalized spacial score (nSPS) is 26.8. The molecular weight excluding hydrogens is 272 g/mol. The summed E-state index contributed by atoms with van der Waals surface area (Å²) in [6.07, 6.45) is -1.66. The second-order valence-electron chi connectivity index (χ2n) is 6.56. The van der Waals surface area contributed by atoms with Crippen molar-refractivity contribution in [1.29, 1.82) is 0 Å². The number of hydrogen-bond acceptors (Lipinski definition) is 3. The summed E-state index contributed by atoms with van der Waals surface area (Å²) in [6, 6.07) is 0. The minimum atomic E-state index is -3.11. The largest absolute Gasteiger partial charge is 0.481 e. The fraction of sp³-hybridized carbons (Fsp3) is 0.846. The first-order chi connectivity index (χ1) is 8.85. The lowest BCUT2D eigenvalue weighted by Gasteiger charge is -2.31. The molecular formula is C13H21F2NO4. The number of carbonyl (C=O) groups is 2. The van der Waals surface area contributed by atoms with E-state index >= 15 is 0 Å². The molecule has 1 aliphatic heterocycles. The Bertz CT molecular complexity index is 406. The van der Waals surface area contributed by atoms with Crippen molar-refractivity contribution in [1.82, 2.24) is 4.90 Å². The number of likely N-dealkylation sites (tertiary alicyclic amines) is 1. The summed E-state index contributed by atoms with van der Waals surface area (Å²) < 4.78 is 32.4.